The molecule has 3 aromatic rings. The molecule has 0 atom stereocenters. The van der Waals surface area contributed by atoms with E-state index in [0.29, 0.717) is 24.3 Å². The first-order valence-electron chi connectivity index (χ1n) is 9.97. The number of rotatable bonds is 6. The second kappa shape index (κ2) is 9.08. The van der Waals surface area contributed by atoms with Gasteiger partial charge in [-0.2, -0.15) is 13.2 Å². The van der Waals surface area contributed by atoms with Crippen LogP contribution in [0.2, 0.25) is 0 Å². The number of carbonyl (C=O) groups excluding carboxylic acids is 2. The van der Waals surface area contributed by atoms with Gasteiger partial charge in [0.05, 0.1) is 10.5 Å². The lowest BCUT2D eigenvalue weighted by Crippen LogP contribution is -2.29. The number of benzene rings is 2. The van der Waals surface area contributed by atoms with Crippen molar-refractivity contribution in [3.05, 3.63) is 94.7 Å². The largest absolute Gasteiger partial charge is 0.416 e. The summed E-state index contributed by atoms with van der Waals surface area (Å²) >= 11 is 0.843. The summed E-state index contributed by atoms with van der Waals surface area (Å²) in [5, 5.41) is -0.341. The molecule has 164 valence electrons. The van der Waals surface area contributed by atoms with Crippen molar-refractivity contribution in [2.75, 3.05) is 6.54 Å². The van der Waals surface area contributed by atoms with E-state index in [1.54, 1.807) is 35.0 Å². The first-order valence-corrected chi connectivity index (χ1v) is 10.8. The zero-order chi connectivity index (χ0) is 22.7. The van der Waals surface area contributed by atoms with E-state index in [2.05, 4.69) is 0 Å². The second-order valence-corrected chi connectivity index (χ2v) is 8.27. The fraction of sp³-hybridized carbons (Fsp3) is 0.167. The summed E-state index contributed by atoms with van der Waals surface area (Å²) in [6.07, 6.45) is 0.107. The Kier molecular flexibility index (Phi) is 6.23. The molecule has 1 fully saturated rings. The van der Waals surface area contributed by atoms with E-state index < -0.39 is 11.7 Å². The molecule has 8 heteroatoms. The lowest BCUT2D eigenvalue weighted by Gasteiger charge is -2.12. The zero-order valence-corrected chi connectivity index (χ0v) is 17.7. The van der Waals surface area contributed by atoms with Gasteiger partial charge in [0, 0.05) is 24.1 Å². The average molecular weight is 456 g/mol. The standard InChI is InChI=1S/C24H19F3N2O2S/c25-24(26,27)18-10-4-11-19(15-18)28-13-6-12-20(28)16-21-22(30)29(23(31)32-21)14-5-9-17-7-2-1-3-8-17/h1-4,6-8,10-13,15-16H,5,9,14H2/b21-16+. The van der Waals surface area contributed by atoms with Gasteiger partial charge < -0.3 is 4.57 Å². The summed E-state index contributed by atoms with van der Waals surface area (Å²) in [7, 11) is 0. The van der Waals surface area contributed by atoms with Gasteiger partial charge in [-0.25, -0.2) is 0 Å². The third-order valence-corrected chi connectivity index (χ3v) is 5.98. The Balaban J connectivity index is 1.50. The van der Waals surface area contributed by atoms with Crippen LogP contribution in [-0.4, -0.2) is 27.2 Å². The molecule has 2 aromatic carbocycles. The molecule has 1 aliphatic heterocycles. The van der Waals surface area contributed by atoms with E-state index in [0.717, 1.165) is 35.9 Å². The highest BCUT2D eigenvalue weighted by molar-refractivity contribution is 8.18. The van der Waals surface area contributed by atoms with Crippen LogP contribution in [-0.2, 0) is 17.4 Å². The molecule has 1 saturated heterocycles. The quantitative estimate of drug-likeness (QED) is 0.417. The third kappa shape index (κ3) is 4.80. The average Bonchev–Trinajstić information content (AvgIpc) is 3.34. The number of aryl methyl sites for hydroxylation is 1. The number of thioether (sulfide) groups is 1. The van der Waals surface area contributed by atoms with Gasteiger partial charge in [-0.05, 0) is 66.6 Å². The molecule has 0 unspecified atom stereocenters. The van der Waals surface area contributed by atoms with Gasteiger partial charge in [-0.3, -0.25) is 14.5 Å². The van der Waals surface area contributed by atoms with Crippen molar-refractivity contribution in [3.8, 4) is 5.69 Å². The Morgan fingerprint density at radius 1 is 0.938 bits per heavy atom. The van der Waals surface area contributed by atoms with Gasteiger partial charge >= 0.3 is 6.18 Å². The number of aromatic nitrogens is 1. The molecule has 0 spiro atoms. The van der Waals surface area contributed by atoms with Crippen molar-refractivity contribution in [2.24, 2.45) is 0 Å². The number of alkyl halides is 3. The molecule has 32 heavy (non-hydrogen) atoms. The molecular weight excluding hydrogens is 437 g/mol. The zero-order valence-electron chi connectivity index (χ0n) is 16.9. The maximum absolute atomic E-state index is 13.1. The first-order chi connectivity index (χ1) is 15.3. The van der Waals surface area contributed by atoms with Gasteiger partial charge in [0.1, 0.15) is 0 Å². The van der Waals surface area contributed by atoms with Crippen LogP contribution in [0.5, 0.6) is 0 Å². The minimum Gasteiger partial charge on any atom is -0.317 e. The number of nitrogens with zero attached hydrogens (tertiary/aromatic N) is 2. The summed E-state index contributed by atoms with van der Waals surface area (Å²) in [6.45, 7) is 0.311. The maximum atomic E-state index is 13.1. The Hall–Kier alpha value is -3.26. The van der Waals surface area contributed by atoms with E-state index in [-0.39, 0.29) is 16.1 Å². The highest BCUT2D eigenvalue weighted by Crippen LogP contribution is 2.34. The number of halogens is 3. The van der Waals surface area contributed by atoms with Gasteiger partial charge in [0.25, 0.3) is 11.1 Å². The highest BCUT2D eigenvalue weighted by atomic mass is 32.2. The second-order valence-electron chi connectivity index (χ2n) is 7.27. The Labute approximate surface area is 187 Å². The predicted octanol–water partition coefficient (Wildman–Crippen LogP) is 6.17. The lowest BCUT2D eigenvalue weighted by molar-refractivity contribution is -0.137. The van der Waals surface area contributed by atoms with Crippen LogP contribution in [0.3, 0.4) is 0 Å². The third-order valence-electron chi connectivity index (χ3n) is 5.07. The van der Waals surface area contributed by atoms with E-state index in [1.807, 2.05) is 30.3 Å². The molecule has 1 aliphatic rings. The van der Waals surface area contributed by atoms with Crippen LogP contribution >= 0.6 is 11.8 Å². The van der Waals surface area contributed by atoms with Crippen LogP contribution in [0.1, 0.15) is 23.2 Å². The van der Waals surface area contributed by atoms with E-state index in [1.165, 1.54) is 11.0 Å². The fourth-order valence-corrected chi connectivity index (χ4v) is 4.34. The van der Waals surface area contributed by atoms with Crippen molar-refractivity contribution < 1.29 is 22.8 Å². The number of imide groups is 1. The van der Waals surface area contributed by atoms with Crippen LogP contribution in [0.15, 0.2) is 77.8 Å². The fourth-order valence-electron chi connectivity index (χ4n) is 3.49. The molecule has 0 saturated carbocycles. The summed E-state index contributed by atoms with van der Waals surface area (Å²) in [6, 6.07) is 18.1. The monoisotopic (exact) mass is 456 g/mol. The van der Waals surface area contributed by atoms with Crippen molar-refractivity contribution >= 4 is 29.0 Å². The summed E-state index contributed by atoms with van der Waals surface area (Å²) in [5.41, 5.74) is 1.21. The van der Waals surface area contributed by atoms with Gasteiger partial charge in [-0.1, -0.05) is 36.4 Å². The lowest BCUT2D eigenvalue weighted by atomic mass is 10.1. The molecule has 0 radical (unpaired) electrons. The Morgan fingerprint density at radius 2 is 1.72 bits per heavy atom. The first kappa shape index (κ1) is 22.0. The normalized spacial score (nSPS) is 15.7. The van der Waals surface area contributed by atoms with Crippen molar-refractivity contribution in [2.45, 2.75) is 19.0 Å². The molecule has 0 bridgehead atoms. The molecule has 4 nitrogen and oxygen atoms in total. The number of hydrogen-bond acceptors (Lipinski definition) is 3. The molecule has 0 aliphatic carbocycles. The predicted molar refractivity (Wildman–Crippen MR) is 118 cm³/mol. The minimum absolute atomic E-state index is 0.252. The number of amides is 2. The Bertz CT molecular complexity index is 1170. The van der Waals surface area contributed by atoms with Crippen LogP contribution in [0, 0.1) is 0 Å². The summed E-state index contributed by atoms with van der Waals surface area (Å²) in [5.74, 6) is -0.384. The molecule has 0 N–H and O–H groups in total. The smallest absolute Gasteiger partial charge is 0.317 e. The van der Waals surface area contributed by atoms with Gasteiger partial charge in [0.15, 0.2) is 0 Å². The maximum Gasteiger partial charge on any atom is 0.416 e. The molecule has 1 aromatic heterocycles. The van der Waals surface area contributed by atoms with E-state index in [9.17, 15) is 22.8 Å². The molecular formula is C24H19F3N2O2S. The van der Waals surface area contributed by atoms with Crippen molar-refractivity contribution in [3.63, 3.8) is 0 Å². The molecule has 2 heterocycles. The van der Waals surface area contributed by atoms with Crippen LogP contribution < -0.4 is 0 Å². The Morgan fingerprint density at radius 3 is 2.47 bits per heavy atom. The van der Waals surface area contributed by atoms with E-state index in [4.69, 9.17) is 0 Å². The summed E-state index contributed by atoms with van der Waals surface area (Å²) in [4.78, 5) is 26.6. The van der Waals surface area contributed by atoms with E-state index >= 15 is 0 Å². The molecule has 2 amide bonds. The van der Waals surface area contributed by atoms with Crippen LogP contribution in [0.25, 0.3) is 11.8 Å². The van der Waals surface area contributed by atoms with Crippen molar-refractivity contribution in [1.82, 2.24) is 9.47 Å². The van der Waals surface area contributed by atoms with Crippen LogP contribution in [0.4, 0.5) is 18.0 Å². The molecule has 4 rings (SSSR count). The van der Waals surface area contributed by atoms with Crippen molar-refractivity contribution in [1.29, 1.82) is 0 Å². The highest BCUT2D eigenvalue weighted by Gasteiger charge is 2.35. The summed E-state index contributed by atoms with van der Waals surface area (Å²) < 4.78 is 40.8. The number of carbonyl (C=O) groups is 2. The SMILES string of the molecule is O=C1S/C(=C/c2cccn2-c2cccc(C(F)(F)F)c2)C(=O)N1CCCc1ccccc1. The van der Waals surface area contributed by atoms with Gasteiger partial charge in [0.2, 0.25) is 0 Å². The number of hydrogen-bond donors (Lipinski definition) is 0. The minimum atomic E-state index is -4.45. The van der Waals surface area contributed by atoms with Gasteiger partial charge in [-0.15, -0.1) is 0 Å². The topological polar surface area (TPSA) is 42.3 Å².